The summed E-state index contributed by atoms with van der Waals surface area (Å²) in [6.45, 7) is 2.28. The summed E-state index contributed by atoms with van der Waals surface area (Å²) in [6, 6.07) is 9.67. The Morgan fingerprint density at radius 3 is 2.41 bits per heavy atom. The summed E-state index contributed by atoms with van der Waals surface area (Å²) < 4.78 is 4.78. The number of carbonyl (C=O) groups excluding carboxylic acids is 1. The highest BCUT2D eigenvalue weighted by Crippen LogP contribution is 2.49. The molecule has 2 heteroatoms. The lowest BCUT2D eigenvalue weighted by Gasteiger charge is -2.39. The third-order valence-corrected chi connectivity index (χ3v) is 7.75. The van der Waals surface area contributed by atoms with Crippen LogP contribution in [-0.4, -0.2) is 13.1 Å². The molecule has 0 saturated heterocycles. The molecular weight excluding hydrogens is 356 g/mol. The molecule has 0 heterocycles. The molecular formula is C27H42O2. The van der Waals surface area contributed by atoms with Crippen molar-refractivity contribution in [3.05, 3.63) is 35.4 Å². The molecule has 0 amide bonds. The predicted octanol–water partition coefficient (Wildman–Crippen LogP) is 7.45. The van der Waals surface area contributed by atoms with Crippen LogP contribution in [0.25, 0.3) is 0 Å². The fraction of sp³-hybridized carbons (Fsp3) is 0.741. The molecule has 1 aromatic rings. The van der Waals surface area contributed by atoms with Crippen molar-refractivity contribution in [3.8, 4) is 0 Å². The minimum Gasteiger partial charge on any atom is -0.469 e. The third-order valence-electron chi connectivity index (χ3n) is 7.75. The van der Waals surface area contributed by atoms with Crippen LogP contribution in [0.15, 0.2) is 24.3 Å². The zero-order chi connectivity index (χ0) is 20.5. The molecule has 1 aromatic carbocycles. The van der Waals surface area contributed by atoms with E-state index in [2.05, 4.69) is 31.2 Å². The van der Waals surface area contributed by atoms with E-state index in [0.717, 1.165) is 30.1 Å². The Labute approximate surface area is 178 Å². The minimum atomic E-state index is -0.0504. The first kappa shape index (κ1) is 22.4. The lowest BCUT2D eigenvalue weighted by Crippen LogP contribution is -2.28. The number of rotatable bonds is 12. The number of ether oxygens (including phenoxy) is 1. The summed E-state index contributed by atoms with van der Waals surface area (Å²) in [5.74, 6) is 3.35. The number of esters is 1. The largest absolute Gasteiger partial charge is 0.469 e. The summed E-state index contributed by atoms with van der Waals surface area (Å²) in [7, 11) is 1.49. The Morgan fingerprint density at radius 2 is 1.72 bits per heavy atom. The zero-order valence-electron chi connectivity index (χ0n) is 18.8. The molecule has 2 fully saturated rings. The fourth-order valence-electron chi connectivity index (χ4n) is 5.77. The number of hydrogen-bond acceptors (Lipinski definition) is 2. The second-order valence-electron chi connectivity index (χ2n) is 9.65. The van der Waals surface area contributed by atoms with E-state index >= 15 is 0 Å². The minimum absolute atomic E-state index is 0.0504. The number of unbranched alkanes of at least 4 members (excludes halogenated alkanes) is 3. The van der Waals surface area contributed by atoms with Gasteiger partial charge in [-0.3, -0.25) is 4.79 Å². The van der Waals surface area contributed by atoms with E-state index in [9.17, 15) is 4.79 Å². The number of methoxy groups -OCH3 is 1. The molecule has 0 aromatic heterocycles. The molecule has 2 aliphatic rings. The monoisotopic (exact) mass is 398 g/mol. The van der Waals surface area contributed by atoms with Gasteiger partial charge in [-0.25, -0.2) is 0 Å². The van der Waals surface area contributed by atoms with Crippen molar-refractivity contribution in [1.82, 2.24) is 0 Å². The molecule has 29 heavy (non-hydrogen) atoms. The third kappa shape index (κ3) is 6.59. The normalized spacial score (nSPS) is 26.3. The molecule has 0 bridgehead atoms. The SMILES string of the molecule is CCCCCCc1ccc(C2CCC[C@@H]2C[C@H]2CCC2CCCC(=O)OC)cc1. The Balaban J connectivity index is 1.45. The highest BCUT2D eigenvalue weighted by molar-refractivity contribution is 5.68. The van der Waals surface area contributed by atoms with Gasteiger partial charge < -0.3 is 4.74 Å². The van der Waals surface area contributed by atoms with Crippen molar-refractivity contribution in [3.63, 3.8) is 0 Å². The van der Waals surface area contributed by atoms with E-state index < -0.39 is 0 Å². The summed E-state index contributed by atoms with van der Waals surface area (Å²) in [6.07, 6.45) is 17.8. The molecule has 4 atom stereocenters. The van der Waals surface area contributed by atoms with Crippen LogP contribution >= 0.6 is 0 Å². The van der Waals surface area contributed by atoms with Gasteiger partial charge >= 0.3 is 5.97 Å². The van der Waals surface area contributed by atoms with Crippen LogP contribution in [0.1, 0.15) is 107 Å². The molecule has 162 valence electrons. The Morgan fingerprint density at radius 1 is 0.931 bits per heavy atom. The van der Waals surface area contributed by atoms with Crippen molar-refractivity contribution in [2.45, 2.75) is 103 Å². The van der Waals surface area contributed by atoms with Gasteiger partial charge in [0.05, 0.1) is 7.11 Å². The van der Waals surface area contributed by atoms with Crippen molar-refractivity contribution in [2.24, 2.45) is 17.8 Å². The molecule has 2 nitrogen and oxygen atoms in total. The standard InChI is InChI=1S/C27H42O2/c1-3-4-5-6-9-21-14-16-23(17-15-21)26-12-7-11-25(26)20-24-19-18-22(24)10-8-13-27(28)29-2/h14-17,22,24-26H,3-13,18-20H2,1-2H3/t22?,24-,25-,26?/m1/s1. The summed E-state index contributed by atoms with van der Waals surface area (Å²) in [5.41, 5.74) is 3.11. The van der Waals surface area contributed by atoms with E-state index in [1.54, 1.807) is 5.56 Å². The van der Waals surface area contributed by atoms with Gasteiger partial charge in [-0.15, -0.1) is 0 Å². The van der Waals surface area contributed by atoms with Gasteiger partial charge in [0.2, 0.25) is 0 Å². The van der Waals surface area contributed by atoms with Crippen molar-refractivity contribution in [1.29, 1.82) is 0 Å². The average molecular weight is 399 g/mol. The molecule has 2 unspecified atom stereocenters. The Hall–Kier alpha value is -1.31. The van der Waals surface area contributed by atoms with Crippen LogP contribution in [0.5, 0.6) is 0 Å². The van der Waals surface area contributed by atoms with Gasteiger partial charge in [0.25, 0.3) is 0 Å². The molecule has 2 aliphatic carbocycles. The summed E-state index contributed by atoms with van der Waals surface area (Å²) in [5, 5.41) is 0. The van der Waals surface area contributed by atoms with Gasteiger partial charge in [-0.1, -0.05) is 56.9 Å². The molecule has 0 N–H and O–H groups in total. The summed E-state index contributed by atoms with van der Waals surface area (Å²) in [4.78, 5) is 11.3. The van der Waals surface area contributed by atoms with Crippen molar-refractivity contribution >= 4 is 5.97 Å². The van der Waals surface area contributed by atoms with Crippen LogP contribution in [0.3, 0.4) is 0 Å². The van der Waals surface area contributed by atoms with Crippen molar-refractivity contribution < 1.29 is 9.53 Å². The lowest BCUT2D eigenvalue weighted by molar-refractivity contribution is -0.140. The number of hydrogen-bond donors (Lipinski definition) is 0. The Kier molecular flexibility index (Phi) is 9.08. The average Bonchev–Trinajstić information content (AvgIpc) is 3.20. The zero-order valence-corrected chi connectivity index (χ0v) is 18.8. The Bertz CT molecular complexity index is 605. The number of aryl methyl sites for hydroxylation is 1. The van der Waals surface area contributed by atoms with Gasteiger partial charge in [-0.05, 0) is 92.6 Å². The second kappa shape index (κ2) is 11.8. The molecule has 0 radical (unpaired) electrons. The molecule has 0 spiro atoms. The van der Waals surface area contributed by atoms with E-state index in [1.165, 1.54) is 89.7 Å². The van der Waals surface area contributed by atoms with Crippen LogP contribution in [0, 0.1) is 17.8 Å². The number of carbonyl (C=O) groups is 1. The van der Waals surface area contributed by atoms with Gasteiger partial charge in [0.1, 0.15) is 0 Å². The van der Waals surface area contributed by atoms with Gasteiger partial charge in [-0.2, -0.15) is 0 Å². The molecule has 2 saturated carbocycles. The predicted molar refractivity (Wildman–Crippen MR) is 121 cm³/mol. The van der Waals surface area contributed by atoms with Crippen LogP contribution in [-0.2, 0) is 16.0 Å². The molecule has 3 rings (SSSR count). The number of benzene rings is 1. The van der Waals surface area contributed by atoms with E-state index in [0.29, 0.717) is 6.42 Å². The highest BCUT2D eigenvalue weighted by atomic mass is 16.5. The first-order chi connectivity index (χ1) is 14.2. The fourth-order valence-corrected chi connectivity index (χ4v) is 5.77. The highest BCUT2D eigenvalue weighted by Gasteiger charge is 2.36. The first-order valence-corrected chi connectivity index (χ1v) is 12.4. The van der Waals surface area contributed by atoms with E-state index in [-0.39, 0.29) is 5.97 Å². The topological polar surface area (TPSA) is 26.3 Å². The van der Waals surface area contributed by atoms with Gasteiger partial charge in [0, 0.05) is 6.42 Å². The van der Waals surface area contributed by atoms with Gasteiger partial charge in [0.15, 0.2) is 0 Å². The van der Waals surface area contributed by atoms with E-state index in [4.69, 9.17) is 4.74 Å². The van der Waals surface area contributed by atoms with E-state index in [1.807, 2.05) is 0 Å². The van der Waals surface area contributed by atoms with Crippen molar-refractivity contribution in [2.75, 3.05) is 7.11 Å². The smallest absolute Gasteiger partial charge is 0.305 e. The molecule has 0 aliphatic heterocycles. The van der Waals surface area contributed by atoms with Crippen LogP contribution in [0.2, 0.25) is 0 Å². The second-order valence-corrected chi connectivity index (χ2v) is 9.65. The lowest BCUT2D eigenvalue weighted by atomic mass is 9.66. The quantitative estimate of drug-likeness (QED) is 0.270. The maximum atomic E-state index is 11.3. The van der Waals surface area contributed by atoms with Crippen LogP contribution < -0.4 is 0 Å². The first-order valence-electron chi connectivity index (χ1n) is 12.4. The summed E-state index contributed by atoms with van der Waals surface area (Å²) >= 11 is 0. The maximum Gasteiger partial charge on any atom is 0.305 e. The maximum absolute atomic E-state index is 11.3. The van der Waals surface area contributed by atoms with Crippen LogP contribution in [0.4, 0.5) is 0 Å².